The molecule has 26 heavy (non-hydrogen) atoms. The lowest BCUT2D eigenvalue weighted by molar-refractivity contribution is -0.136. The fourth-order valence-corrected chi connectivity index (χ4v) is 3.20. The quantitative estimate of drug-likeness (QED) is 0.365. The summed E-state index contributed by atoms with van der Waals surface area (Å²) in [5, 5.41) is 5.35. The number of rotatable bonds is 6. The molecule has 2 aliphatic heterocycles. The van der Waals surface area contributed by atoms with E-state index in [4.69, 9.17) is 5.73 Å². The molecule has 2 heterocycles. The van der Waals surface area contributed by atoms with Crippen LogP contribution >= 0.6 is 0 Å². The molecule has 1 fully saturated rings. The van der Waals surface area contributed by atoms with E-state index >= 15 is 0 Å². The number of nitrogens with zero attached hydrogens (tertiary/aromatic N) is 1. The number of nitrogens with one attached hydrogen (secondary N) is 2. The zero-order valence-electron chi connectivity index (χ0n) is 14.2. The van der Waals surface area contributed by atoms with Crippen LogP contribution in [0.15, 0.2) is 30.4 Å². The minimum Gasteiger partial charge on any atom is -0.327 e. The van der Waals surface area contributed by atoms with Gasteiger partial charge in [-0.2, -0.15) is 0 Å². The molecule has 1 saturated heterocycles. The molecule has 1 unspecified atom stereocenters. The largest absolute Gasteiger partial charge is 0.327 e. The van der Waals surface area contributed by atoms with Gasteiger partial charge in [0.1, 0.15) is 6.04 Å². The normalized spacial score (nSPS) is 20.0. The lowest BCUT2D eigenvalue weighted by Gasteiger charge is -2.27. The summed E-state index contributed by atoms with van der Waals surface area (Å²) >= 11 is 0. The first-order valence-electron chi connectivity index (χ1n) is 8.44. The second-order valence-electron chi connectivity index (χ2n) is 6.12. The summed E-state index contributed by atoms with van der Waals surface area (Å²) in [6.07, 6.45) is 3.95. The third-order valence-electron chi connectivity index (χ3n) is 4.43. The molecule has 0 saturated carbocycles. The highest BCUT2D eigenvalue weighted by atomic mass is 16.2. The maximum atomic E-state index is 12.9. The number of amides is 4. The first-order chi connectivity index (χ1) is 12.5. The molecule has 0 aromatic heterocycles. The Bertz CT molecular complexity index is 802. The van der Waals surface area contributed by atoms with Gasteiger partial charge in [0, 0.05) is 26.1 Å². The van der Waals surface area contributed by atoms with Crippen LogP contribution in [0.25, 0.3) is 0 Å². The van der Waals surface area contributed by atoms with Crippen LogP contribution in [0.2, 0.25) is 0 Å². The van der Waals surface area contributed by atoms with Gasteiger partial charge < -0.3 is 11.1 Å². The number of carbonyl (C=O) groups excluding carboxylic acids is 4. The predicted octanol–water partition coefficient (Wildman–Crippen LogP) is -0.308. The summed E-state index contributed by atoms with van der Waals surface area (Å²) < 4.78 is 0. The topological polar surface area (TPSA) is 122 Å². The summed E-state index contributed by atoms with van der Waals surface area (Å²) in [5.41, 5.74) is 6.68. The first-order valence-corrected chi connectivity index (χ1v) is 8.44. The molecule has 1 aromatic rings. The molecular formula is C18H20N4O4. The van der Waals surface area contributed by atoms with Crippen molar-refractivity contribution in [2.24, 2.45) is 5.73 Å². The molecule has 0 bridgehead atoms. The number of carbonyl (C=O) groups is 4. The van der Waals surface area contributed by atoms with Crippen molar-refractivity contribution in [1.29, 1.82) is 0 Å². The fraction of sp³-hybridized carbons (Fsp3) is 0.333. The van der Waals surface area contributed by atoms with Crippen molar-refractivity contribution >= 4 is 23.6 Å². The lowest BCUT2D eigenvalue weighted by atomic mass is 10.0. The third-order valence-corrected chi connectivity index (χ3v) is 4.43. The van der Waals surface area contributed by atoms with E-state index in [1.165, 1.54) is 0 Å². The van der Waals surface area contributed by atoms with E-state index in [-0.39, 0.29) is 18.4 Å². The second kappa shape index (κ2) is 7.59. The molecule has 0 radical (unpaired) electrons. The molecule has 8 nitrogen and oxygen atoms in total. The van der Waals surface area contributed by atoms with E-state index in [0.29, 0.717) is 30.8 Å². The molecule has 1 aromatic carbocycles. The molecule has 0 aliphatic carbocycles. The van der Waals surface area contributed by atoms with Gasteiger partial charge >= 0.3 is 0 Å². The molecule has 8 heteroatoms. The van der Waals surface area contributed by atoms with E-state index in [0.717, 1.165) is 4.90 Å². The van der Waals surface area contributed by atoms with Crippen molar-refractivity contribution in [3.8, 4) is 0 Å². The number of imide groups is 2. The zero-order valence-corrected chi connectivity index (χ0v) is 14.2. The van der Waals surface area contributed by atoms with Gasteiger partial charge in [0.15, 0.2) is 0 Å². The van der Waals surface area contributed by atoms with Crippen LogP contribution in [0.1, 0.15) is 39.1 Å². The lowest BCUT2D eigenvalue weighted by Crippen LogP contribution is -2.54. The summed E-state index contributed by atoms with van der Waals surface area (Å²) in [7, 11) is 0. The Kier molecular flexibility index (Phi) is 5.24. The number of hydrogen-bond acceptors (Lipinski definition) is 6. The maximum absolute atomic E-state index is 12.9. The van der Waals surface area contributed by atoms with Crippen LogP contribution in [0.3, 0.4) is 0 Å². The van der Waals surface area contributed by atoms with Gasteiger partial charge in [-0.25, -0.2) is 0 Å². The van der Waals surface area contributed by atoms with Crippen molar-refractivity contribution in [3.05, 3.63) is 47.0 Å². The average Bonchev–Trinajstić information content (AvgIpc) is 2.87. The van der Waals surface area contributed by atoms with Crippen molar-refractivity contribution in [2.45, 2.75) is 25.4 Å². The van der Waals surface area contributed by atoms with Gasteiger partial charge in [-0.3, -0.25) is 29.4 Å². The van der Waals surface area contributed by atoms with Crippen LogP contribution < -0.4 is 16.4 Å². The Morgan fingerprint density at radius 1 is 1.19 bits per heavy atom. The molecule has 3 rings (SSSR count). The smallest absolute Gasteiger partial charge is 0.262 e. The average molecular weight is 356 g/mol. The fourth-order valence-electron chi connectivity index (χ4n) is 3.20. The number of nitrogens with two attached hydrogens (primary N) is 1. The molecular weight excluding hydrogens is 336 g/mol. The Balaban J connectivity index is 1.81. The van der Waals surface area contributed by atoms with Gasteiger partial charge in [0.2, 0.25) is 11.8 Å². The van der Waals surface area contributed by atoms with Crippen molar-refractivity contribution in [2.75, 3.05) is 13.1 Å². The minimum atomic E-state index is -0.951. The third kappa shape index (κ3) is 3.29. The van der Waals surface area contributed by atoms with Crippen molar-refractivity contribution < 1.29 is 19.2 Å². The van der Waals surface area contributed by atoms with E-state index < -0.39 is 29.7 Å². The Labute approximate surface area is 150 Å². The summed E-state index contributed by atoms with van der Waals surface area (Å²) in [4.78, 5) is 49.9. The molecule has 2 aliphatic rings. The summed E-state index contributed by atoms with van der Waals surface area (Å²) in [6, 6.07) is 4.12. The monoisotopic (exact) mass is 356 g/mol. The standard InChI is InChI=1S/C18H20N4O4/c19-8-1-2-9-20-10-11-4-3-5-12-15(11)18(26)22(17(12)25)13-6-7-14(23)21-16(13)24/h1-5,13,20H,6-10,19H2,(H,21,23,24)/b2-1-. The number of fused-ring (bicyclic) bond motifs is 1. The maximum Gasteiger partial charge on any atom is 0.262 e. The Morgan fingerprint density at radius 2 is 2.00 bits per heavy atom. The highest BCUT2D eigenvalue weighted by Crippen LogP contribution is 2.29. The van der Waals surface area contributed by atoms with Crippen LogP contribution in [-0.2, 0) is 16.1 Å². The van der Waals surface area contributed by atoms with E-state index in [1.54, 1.807) is 18.2 Å². The van der Waals surface area contributed by atoms with Gasteiger partial charge in [-0.15, -0.1) is 0 Å². The SMILES string of the molecule is NC/C=C\CNCc1cccc2c1C(=O)N(C1CCC(=O)NC1=O)C2=O. The summed E-state index contributed by atoms with van der Waals surface area (Å²) in [6.45, 7) is 1.44. The highest BCUT2D eigenvalue weighted by Gasteiger charge is 2.45. The van der Waals surface area contributed by atoms with Crippen LogP contribution in [-0.4, -0.2) is 47.7 Å². The van der Waals surface area contributed by atoms with E-state index in [9.17, 15) is 19.2 Å². The van der Waals surface area contributed by atoms with Gasteiger partial charge in [-0.05, 0) is 18.1 Å². The van der Waals surface area contributed by atoms with Crippen LogP contribution in [0, 0.1) is 0 Å². The Hall–Kier alpha value is -2.84. The number of piperidine rings is 1. The molecule has 4 amide bonds. The Morgan fingerprint density at radius 3 is 2.73 bits per heavy atom. The van der Waals surface area contributed by atoms with Gasteiger partial charge in [-0.1, -0.05) is 24.3 Å². The van der Waals surface area contributed by atoms with Gasteiger partial charge in [0.25, 0.3) is 11.8 Å². The number of hydrogen-bond donors (Lipinski definition) is 3. The minimum absolute atomic E-state index is 0.103. The van der Waals surface area contributed by atoms with E-state index in [2.05, 4.69) is 10.6 Å². The van der Waals surface area contributed by atoms with Gasteiger partial charge in [0.05, 0.1) is 11.1 Å². The van der Waals surface area contributed by atoms with Crippen LogP contribution in [0.5, 0.6) is 0 Å². The molecule has 1 atom stereocenters. The molecule has 136 valence electrons. The predicted molar refractivity (Wildman–Crippen MR) is 93.0 cm³/mol. The van der Waals surface area contributed by atoms with E-state index in [1.807, 2.05) is 12.2 Å². The highest BCUT2D eigenvalue weighted by molar-refractivity contribution is 6.24. The zero-order chi connectivity index (χ0) is 18.7. The van der Waals surface area contributed by atoms with Crippen molar-refractivity contribution in [1.82, 2.24) is 15.5 Å². The molecule has 4 N–H and O–H groups in total. The van der Waals surface area contributed by atoms with Crippen molar-refractivity contribution in [3.63, 3.8) is 0 Å². The second-order valence-corrected chi connectivity index (χ2v) is 6.12. The molecule has 0 spiro atoms. The summed E-state index contributed by atoms with van der Waals surface area (Å²) in [5.74, 6) is -1.99. The number of benzene rings is 1. The van der Waals surface area contributed by atoms with Crippen LogP contribution in [0.4, 0.5) is 0 Å². The first kappa shape index (κ1) is 18.0.